The van der Waals surface area contributed by atoms with Crippen molar-refractivity contribution in [3.63, 3.8) is 0 Å². The molecule has 33 heavy (non-hydrogen) atoms. The molecule has 0 aliphatic carbocycles. The minimum absolute atomic E-state index is 0.163. The molecular formula is C27H23N3O2S. The summed E-state index contributed by atoms with van der Waals surface area (Å²) >= 11 is 0. The number of aromatic nitrogens is 2. The van der Waals surface area contributed by atoms with Crippen LogP contribution < -0.4 is 5.32 Å². The van der Waals surface area contributed by atoms with Gasteiger partial charge in [-0.2, -0.15) is 0 Å². The largest absolute Gasteiger partial charge is 0.316 e. The van der Waals surface area contributed by atoms with Crippen LogP contribution in [0.2, 0.25) is 0 Å². The summed E-state index contributed by atoms with van der Waals surface area (Å²) in [7, 11) is -1.93. The highest BCUT2D eigenvalue weighted by Gasteiger charge is 2.21. The molecule has 0 fully saturated rings. The Morgan fingerprint density at radius 1 is 0.818 bits per heavy atom. The predicted molar refractivity (Wildman–Crippen MR) is 132 cm³/mol. The third-order valence-electron chi connectivity index (χ3n) is 5.74. The Morgan fingerprint density at radius 3 is 2.15 bits per heavy atom. The molecule has 0 unspecified atom stereocenters. The van der Waals surface area contributed by atoms with Gasteiger partial charge in [0.25, 0.3) is 10.0 Å². The molecule has 0 saturated carbocycles. The van der Waals surface area contributed by atoms with Gasteiger partial charge in [0.15, 0.2) is 0 Å². The van der Waals surface area contributed by atoms with E-state index in [9.17, 15) is 8.42 Å². The van der Waals surface area contributed by atoms with Crippen molar-refractivity contribution in [2.24, 2.45) is 0 Å². The van der Waals surface area contributed by atoms with Crippen molar-refractivity contribution in [3.8, 4) is 22.3 Å². The topological polar surface area (TPSA) is 64.0 Å². The maximum atomic E-state index is 13.4. The molecule has 0 atom stereocenters. The fraction of sp³-hybridized carbons (Fsp3) is 0.0741. The summed E-state index contributed by atoms with van der Waals surface area (Å²) in [5.74, 6) is 0. The molecule has 3 aromatic carbocycles. The van der Waals surface area contributed by atoms with E-state index in [-0.39, 0.29) is 4.90 Å². The number of benzene rings is 3. The fourth-order valence-corrected chi connectivity index (χ4v) is 5.42. The average molecular weight is 454 g/mol. The zero-order valence-electron chi connectivity index (χ0n) is 18.1. The van der Waals surface area contributed by atoms with Crippen molar-refractivity contribution < 1.29 is 8.42 Å². The van der Waals surface area contributed by atoms with Gasteiger partial charge < -0.3 is 5.32 Å². The number of nitrogens with zero attached hydrogens (tertiary/aromatic N) is 2. The van der Waals surface area contributed by atoms with Gasteiger partial charge in [-0.3, -0.25) is 4.98 Å². The molecule has 0 aliphatic rings. The minimum Gasteiger partial charge on any atom is -0.316 e. The zero-order valence-corrected chi connectivity index (χ0v) is 19.0. The molecule has 164 valence electrons. The highest BCUT2D eigenvalue weighted by Crippen LogP contribution is 2.31. The predicted octanol–water partition coefficient (Wildman–Crippen LogP) is 5.33. The van der Waals surface area contributed by atoms with Crippen LogP contribution in [0.5, 0.6) is 0 Å². The summed E-state index contributed by atoms with van der Waals surface area (Å²) in [6.45, 7) is 0.567. The van der Waals surface area contributed by atoms with E-state index in [0.29, 0.717) is 12.1 Å². The Balaban J connectivity index is 1.62. The van der Waals surface area contributed by atoms with Crippen molar-refractivity contribution in [1.82, 2.24) is 14.3 Å². The molecule has 5 rings (SSSR count). The van der Waals surface area contributed by atoms with Gasteiger partial charge in [-0.25, -0.2) is 12.4 Å². The van der Waals surface area contributed by atoms with Crippen molar-refractivity contribution in [3.05, 3.63) is 109 Å². The Kier molecular flexibility index (Phi) is 5.54. The molecule has 0 amide bonds. The Morgan fingerprint density at radius 2 is 1.48 bits per heavy atom. The smallest absolute Gasteiger partial charge is 0.269 e. The summed E-state index contributed by atoms with van der Waals surface area (Å²) in [5, 5.41) is 4.03. The zero-order chi connectivity index (χ0) is 22.8. The Hall–Kier alpha value is -3.74. The molecule has 0 bridgehead atoms. The van der Waals surface area contributed by atoms with Crippen LogP contribution in [0.4, 0.5) is 0 Å². The first kappa shape index (κ1) is 21.1. The number of pyridine rings is 1. The van der Waals surface area contributed by atoms with E-state index >= 15 is 0 Å². The number of hydrogen-bond acceptors (Lipinski definition) is 4. The summed E-state index contributed by atoms with van der Waals surface area (Å²) in [6.07, 6.45) is 4.65. The molecule has 0 aliphatic heterocycles. The SMILES string of the molecule is CNCc1cn(S(=O)(=O)c2cccnc2)c2cc(-c3ccc(-c4ccccc4)cc3)ccc12. The Labute approximate surface area is 193 Å². The first-order valence-corrected chi connectivity index (χ1v) is 12.1. The summed E-state index contributed by atoms with van der Waals surface area (Å²) in [6, 6.07) is 27.7. The van der Waals surface area contributed by atoms with E-state index in [1.165, 1.54) is 10.2 Å². The Bertz CT molecular complexity index is 1510. The monoisotopic (exact) mass is 453 g/mol. The summed E-state index contributed by atoms with van der Waals surface area (Å²) in [5.41, 5.74) is 5.85. The fourth-order valence-electron chi connectivity index (χ4n) is 4.07. The van der Waals surface area contributed by atoms with E-state index in [1.807, 2.05) is 43.4 Å². The molecule has 2 aromatic heterocycles. The maximum absolute atomic E-state index is 13.4. The molecular weight excluding hydrogens is 430 g/mol. The average Bonchev–Trinajstić information content (AvgIpc) is 3.24. The third kappa shape index (κ3) is 3.95. The number of rotatable bonds is 6. The normalized spacial score (nSPS) is 11.7. The highest BCUT2D eigenvalue weighted by molar-refractivity contribution is 7.90. The van der Waals surface area contributed by atoms with Crippen molar-refractivity contribution in [2.75, 3.05) is 7.05 Å². The second kappa shape index (κ2) is 8.65. The van der Waals surface area contributed by atoms with E-state index in [2.05, 4.69) is 46.7 Å². The van der Waals surface area contributed by atoms with Crippen molar-refractivity contribution >= 4 is 20.9 Å². The second-order valence-corrected chi connectivity index (χ2v) is 9.66. The highest BCUT2D eigenvalue weighted by atomic mass is 32.2. The molecule has 0 spiro atoms. The van der Waals surface area contributed by atoms with Crippen LogP contribution in [0, 0.1) is 0 Å². The number of hydrogen-bond donors (Lipinski definition) is 1. The first-order valence-electron chi connectivity index (χ1n) is 10.7. The van der Waals surface area contributed by atoms with Gasteiger partial charge in [0.1, 0.15) is 4.90 Å². The van der Waals surface area contributed by atoms with Crippen LogP contribution in [0.15, 0.2) is 108 Å². The van der Waals surface area contributed by atoms with Crippen LogP contribution in [-0.4, -0.2) is 24.4 Å². The molecule has 1 N–H and O–H groups in total. The third-order valence-corrected chi connectivity index (χ3v) is 7.40. The van der Waals surface area contributed by atoms with Crippen LogP contribution in [0.25, 0.3) is 33.2 Å². The summed E-state index contributed by atoms with van der Waals surface area (Å²) < 4.78 is 28.2. The van der Waals surface area contributed by atoms with Gasteiger partial charge in [-0.05, 0) is 53.1 Å². The number of nitrogens with one attached hydrogen (secondary N) is 1. The van der Waals surface area contributed by atoms with Crippen molar-refractivity contribution in [1.29, 1.82) is 0 Å². The molecule has 2 heterocycles. The van der Waals surface area contributed by atoms with Gasteiger partial charge in [-0.1, -0.05) is 66.7 Å². The minimum atomic E-state index is -3.78. The van der Waals surface area contributed by atoms with Gasteiger partial charge in [0.05, 0.1) is 5.52 Å². The van der Waals surface area contributed by atoms with Crippen molar-refractivity contribution in [2.45, 2.75) is 11.4 Å². The maximum Gasteiger partial charge on any atom is 0.269 e. The lowest BCUT2D eigenvalue weighted by molar-refractivity contribution is 0.588. The lowest BCUT2D eigenvalue weighted by atomic mass is 9.99. The van der Waals surface area contributed by atoms with E-state index in [4.69, 9.17) is 0 Å². The lowest BCUT2D eigenvalue weighted by Gasteiger charge is -2.09. The van der Waals surface area contributed by atoms with Crippen LogP contribution in [0.3, 0.4) is 0 Å². The van der Waals surface area contributed by atoms with Gasteiger partial charge >= 0.3 is 0 Å². The van der Waals surface area contributed by atoms with E-state index in [1.54, 1.807) is 24.5 Å². The molecule has 0 radical (unpaired) electrons. The quantitative estimate of drug-likeness (QED) is 0.378. The van der Waals surface area contributed by atoms with Gasteiger partial charge in [-0.15, -0.1) is 0 Å². The molecule has 0 saturated heterocycles. The van der Waals surface area contributed by atoms with Crippen LogP contribution in [0.1, 0.15) is 5.56 Å². The molecule has 5 nitrogen and oxygen atoms in total. The lowest BCUT2D eigenvalue weighted by Crippen LogP contribution is -2.12. The van der Waals surface area contributed by atoms with Crippen LogP contribution in [-0.2, 0) is 16.6 Å². The van der Waals surface area contributed by atoms with Gasteiger partial charge in [0, 0.05) is 30.5 Å². The number of fused-ring (bicyclic) bond motifs is 1. The summed E-state index contributed by atoms with van der Waals surface area (Å²) in [4.78, 5) is 4.16. The molecule has 6 heteroatoms. The van der Waals surface area contributed by atoms with Crippen LogP contribution >= 0.6 is 0 Å². The van der Waals surface area contributed by atoms with E-state index < -0.39 is 10.0 Å². The standard InChI is InChI=1S/C27H23N3O2S/c1-28-17-24-19-30(33(31,32)25-8-5-15-29-18-25)27-16-23(13-14-26(24)27)22-11-9-21(10-12-22)20-6-3-2-4-7-20/h2-16,18-19,28H,17H2,1H3. The van der Waals surface area contributed by atoms with Gasteiger partial charge in [0.2, 0.25) is 0 Å². The molecule has 5 aromatic rings. The van der Waals surface area contributed by atoms with E-state index in [0.717, 1.165) is 33.2 Å². The second-order valence-electron chi connectivity index (χ2n) is 7.85. The first-order chi connectivity index (χ1) is 16.1.